The lowest BCUT2D eigenvalue weighted by molar-refractivity contribution is -0.136. The summed E-state index contributed by atoms with van der Waals surface area (Å²) in [6.45, 7) is 16.1. The molecule has 1 saturated carbocycles. The molecule has 12 nitrogen and oxygen atoms in total. The quantitative estimate of drug-likeness (QED) is 0.0937. The van der Waals surface area contributed by atoms with Gasteiger partial charge >= 0.3 is 0 Å². The van der Waals surface area contributed by atoms with Crippen molar-refractivity contribution >= 4 is 46.4 Å². The molecule has 60 heavy (non-hydrogen) atoms. The number of piperidine rings is 1. The Morgan fingerprint density at radius 3 is 2.53 bits per heavy atom. The van der Waals surface area contributed by atoms with Crippen molar-refractivity contribution in [2.45, 2.75) is 109 Å². The van der Waals surface area contributed by atoms with E-state index in [1.165, 1.54) is 10.9 Å². The first-order valence-electron chi connectivity index (χ1n) is 22.0. The number of ether oxygens (including phenoxy) is 1. The molecule has 0 radical (unpaired) electrons. The maximum atomic E-state index is 15.2. The number of nitrogens with zero attached hydrogens (tertiary/aromatic N) is 6. The molecular weight excluding hydrogens is 760 g/mol. The van der Waals surface area contributed by atoms with Crippen molar-refractivity contribution in [2.75, 3.05) is 57.8 Å². The van der Waals surface area contributed by atoms with E-state index >= 15 is 4.39 Å². The molecule has 2 aromatic carbocycles. The van der Waals surface area contributed by atoms with Crippen molar-refractivity contribution in [3.63, 3.8) is 0 Å². The topological polar surface area (TPSA) is 126 Å². The maximum Gasteiger partial charge on any atom is 0.255 e. The minimum absolute atomic E-state index is 0.138. The van der Waals surface area contributed by atoms with Gasteiger partial charge in [-0.2, -0.15) is 0 Å². The molecule has 3 atom stereocenters. The first-order chi connectivity index (χ1) is 28.9. The van der Waals surface area contributed by atoms with Crippen LogP contribution < -0.4 is 10.2 Å². The summed E-state index contributed by atoms with van der Waals surface area (Å²) in [4.78, 5) is 59.1. The summed E-state index contributed by atoms with van der Waals surface area (Å²) < 4.78 is 21.6. The zero-order valence-corrected chi connectivity index (χ0v) is 35.7. The average molecular weight is 821 g/mol. The third kappa shape index (κ3) is 8.99. The van der Waals surface area contributed by atoms with Crippen molar-refractivity contribution in [3.8, 4) is 0 Å². The summed E-state index contributed by atoms with van der Waals surface area (Å²) in [6, 6.07) is 13.7. The Labute approximate surface area is 353 Å². The Balaban J connectivity index is 0.773. The predicted octanol–water partition coefficient (Wildman–Crippen LogP) is 6.41. The molecule has 2 saturated heterocycles. The normalized spacial score (nSPS) is 25.9. The van der Waals surface area contributed by atoms with Gasteiger partial charge in [-0.15, -0.1) is 0 Å². The molecule has 3 aromatic rings. The van der Waals surface area contributed by atoms with Gasteiger partial charge in [0.1, 0.15) is 17.5 Å². The molecule has 1 aliphatic carbocycles. The number of nitrogens with one attached hydrogen (secondary N) is 2. The van der Waals surface area contributed by atoms with Crippen LogP contribution in [-0.2, 0) is 27.3 Å². The number of rotatable bonds is 12. The zero-order valence-electron chi connectivity index (χ0n) is 35.7. The summed E-state index contributed by atoms with van der Waals surface area (Å²) in [5.74, 6) is 0.308. The molecular formula is C47H61FN8O4. The maximum absolute atomic E-state index is 15.2. The third-order valence-electron chi connectivity index (χ3n) is 13.3. The predicted molar refractivity (Wildman–Crippen MR) is 235 cm³/mol. The van der Waals surface area contributed by atoms with Gasteiger partial charge in [-0.1, -0.05) is 24.8 Å². The Bertz CT molecular complexity index is 2160. The zero-order chi connectivity index (χ0) is 42.1. The lowest BCUT2D eigenvalue weighted by atomic mass is 9.86. The number of aromatic amines is 1. The fourth-order valence-corrected chi connectivity index (χ4v) is 10.2. The number of anilines is 1. The van der Waals surface area contributed by atoms with E-state index in [-0.39, 0.29) is 48.2 Å². The number of fused-ring (bicyclic) bond motifs is 4. The first-order valence-corrected chi connectivity index (χ1v) is 22.0. The van der Waals surface area contributed by atoms with E-state index in [4.69, 9.17) is 9.73 Å². The van der Waals surface area contributed by atoms with Crippen LogP contribution in [0.1, 0.15) is 98.9 Å². The lowest BCUT2D eigenvalue weighted by Crippen LogP contribution is -2.52. The number of imide groups is 1. The second kappa shape index (κ2) is 17.7. The van der Waals surface area contributed by atoms with Crippen LogP contribution in [0.5, 0.6) is 0 Å². The Morgan fingerprint density at radius 1 is 1.03 bits per heavy atom. The molecule has 3 amide bonds. The van der Waals surface area contributed by atoms with Crippen molar-refractivity contribution in [1.29, 1.82) is 0 Å². The number of hydrogen-bond acceptors (Lipinski definition) is 8. The van der Waals surface area contributed by atoms with Gasteiger partial charge < -0.3 is 19.5 Å². The number of amidine groups is 1. The Hall–Kier alpha value is -4.72. The van der Waals surface area contributed by atoms with Crippen LogP contribution in [0.3, 0.4) is 0 Å². The van der Waals surface area contributed by atoms with Gasteiger partial charge in [0.05, 0.1) is 12.1 Å². The lowest BCUT2D eigenvalue weighted by Gasteiger charge is -2.43. The van der Waals surface area contributed by atoms with Crippen molar-refractivity contribution in [2.24, 2.45) is 15.9 Å². The van der Waals surface area contributed by atoms with Gasteiger partial charge in [0.2, 0.25) is 11.8 Å². The smallest absolute Gasteiger partial charge is 0.255 e. The summed E-state index contributed by atoms with van der Waals surface area (Å²) in [7, 11) is 1.82. The van der Waals surface area contributed by atoms with Gasteiger partial charge in [0.25, 0.3) is 5.91 Å². The Morgan fingerprint density at radius 2 is 1.80 bits per heavy atom. The third-order valence-corrected chi connectivity index (χ3v) is 13.3. The SMILES string of the molecule is C=C(C=NC(=NC)C1CCC(OCCCN2CCN(c3ccc4c(c3)CN(C3CCC(=O)NC3=O)C4=O)CC2)CC1)[C@@H]1c2[nH]c3ccccc3c2C[C@@H](C)N1CC(C)(C)F. The summed E-state index contributed by atoms with van der Waals surface area (Å²) >= 11 is 0. The molecule has 1 unspecified atom stereocenters. The van der Waals surface area contributed by atoms with E-state index in [9.17, 15) is 14.4 Å². The number of aliphatic imine (C=N–C) groups is 2. The number of benzene rings is 2. The number of amides is 3. The van der Waals surface area contributed by atoms with Crippen LogP contribution in [0.25, 0.3) is 10.9 Å². The highest BCUT2D eigenvalue weighted by molar-refractivity contribution is 6.05. The van der Waals surface area contributed by atoms with Crippen LogP contribution in [0, 0.1) is 5.92 Å². The van der Waals surface area contributed by atoms with E-state index in [2.05, 4.69) is 67.8 Å². The van der Waals surface area contributed by atoms with E-state index in [0.717, 1.165) is 112 Å². The number of hydrogen-bond donors (Lipinski definition) is 2. The van der Waals surface area contributed by atoms with E-state index < -0.39 is 11.7 Å². The number of piperazine rings is 1. The van der Waals surface area contributed by atoms with E-state index in [1.54, 1.807) is 18.7 Å². The minimum atomic E-state index is -1.36. The monoisotopic (exact) mass is 820 g/mol. The summed E-state index contributed by atoms with van der Waals surface area (Å²) in [5.41, 5.74) is 5.62. The fraction of sp³-hybridized carbons (Fsp3) is 0.553. The van der Waals surface area contributed by atoms with Crippen molar-refractivity contribution in [3.05, 3.63) is 77.0 Å². The van der Waals surface area contributed by atoms with E-state index in [1.807, 2.05) is 31.5 Å². The number of carbonyl (C=O) groups is 3. The van der Waals surface area contributed by atoms with Crippen LogP contribution in [0.4, 0.5) is 10.1 Å². The number of carbonyl (C=O) groups excluding carboxylic acids is 3. The molecule has 8 rings (SSSR count). The van der Waals surface area contributed by atoms with E-state index in [0.29, 0.717) is 25.1 Å². The first kappa shape index (κ1) is 42.0. The number of alkyl halides is 1. The van der Waals surface area contributed by atoms with Crippen LogP contribution >= 0.6 is 0 Å². The van der Waals surface area contributed by atoms with Crippen molar-refractivity contribution < 1.29 is 23.5 Å². The summed E-state index contributed by atoms with van der Waals surface area (Å²) in [5, 5.41) is 3.60. The molecule has 3 fully saturated rings. The molecule has 13 heteroatoms. The van der Waals surface area contributed by atoms with Crippen LogP contribution in [0.15, 0.2) is 64.6 Å². The molecule has 0 bridgehead atoms. The average Bonchev–Trinajstić information content (AvgIpc) is 3.76. The fourth-order valence-electron chi connectivity index (χ4n) is 10.2. The largest absolute Gasteiger partial charge is 0.378 e. The standard InChI is InChI=1S/C47H61FN8O4/c1-30(43-42-38(37-9-6-7-10-39(37)51-42)25-31(2)56(43)29-47(3,4)48)27-50-44(49-5)32-11-14-35(15-12-32)60-24-8-19-53-20-22-54(23-21-53)34-13-16-36-33(26-34)28-55(46(36)59)40-17-18-41(57)52-45(40)58/h6-7,9-10,13,16,26-27,31-32,35,40,43,51H,1,8,11-12,14-15,17-25,28-29H2,2-5H3,(H,52,57,58)/t31-,32?,35?,40?,43-/m1/s1. The second-order valence-electron chi connectivity index (χ2n) is 18.1. The number of aromatic nitrogens is 1. The highest BCUT2D eigenvalue weighted by atomic mass is 19.1. The van der Waals surface area contributed by atoms with Gasteiger partial charge in [-0.05, 0) is 107 Å². The number of H-pyrrole nitrogens is 1. The van der Waals surface area contributed by atoms with Crippen LogP contribution in [0.2, 0.25) is 0 Å². The second-order valence-corrected chi connectivity index (χ2v) is 18.1. The number of para-hydroxylation sites is 1. The Kier molecular flexibility index (Phi) is 12.4. The molecule has 5 aliphatic rings. The highest BCUT2D eigenvalue weighted by Crippen LogP contribution is 2.41. The molecule has 1 aromatic heterocycles. The van der Waals surface area contributed by atoms with Crippen LogP contribution in [-0.4, -0.2) is 126 Å². The minimum Gasteiger partial charge on any atom is -0.378 e. The summed E-state index contributed by atoms with van der Waals surface area (Å²) in [6.07, 6.45) is 8.48. The van der Waals surface area contributed by atoms with Gasteiger partial charge in [0, 0.05) is 112 Å². The van der Waals surface area contributed by atoms with Gasteiger partial charge in [-0.3, -0.25) is 34.5 Å². The van der Waals surface area contributed by atoms with Gasteiger partial charge in [0.15, 0.2) is 0 Å². The molecule has 4 aliphatic heterocycles. The number of halogens is 1. The molecule has 320 valence electrons. The highest BCUT2D eigenvalue weighted by Gasteiger charge is 2.40. The molecule has 5 heterocycles. The van der Waals surface area contributed by atoms with Crippen molar-refractivity contribution in [1.82, 2.24) is 25.0 Å². The van der Waals surface area contributed by atoms with Gasteiger partial charge in [-0.25, -0.2) is 9.38 Å². The molecule has 2 N–H and O–H groups in total. The molecule has 0 spiro atoms.